The standard InChI is InChI=1S/C23H21F4N5O4S/c1-12-10-16(22(24)8-5-9-22)29-31-20(12)36-21-17(13(2)18(30-32-21)23(25,26)27)19(33)28-14-6-4-7-15(11-14)37(3,34)35/h4,6-7,10-11H,5,8-9H2,1-3H3,(H,28,33). The lowest BCUT2D eigenvalue weighted by molar-refractivity contribution is -0.142. The maximum atomic E-state index is 14.7. The minimum atomic E-state index is -4.92. The quantitative estimate of drug-likeness (QED) is 0.447. The average molecular weight is 540 g/mol. The van der Waals surface area contributed by atoms with Crippen LogP contribution in [0.2, 0.25) is 0 Å². The number of sulfone groups is 1. The van der Waals surface area contributed by atoms with Crippen molar-refractivity contribution in [2.24, 2.45) is 0 Å². The fraction of sp³-hybridized carbons (Fsp3) is 0.348. The summed E-state index contributed by atoms with van der Waals surface area (Å²) in [5.41, 5.74) is -3.73. The number of alkyl halides is 4. The maximum Gasteiger partial charge on any atom is 0.435 e. The number of halogens is 4. The molecule has 196 valence electrons. The number of anilines is 1. The van der Waals surface area contributed by atoms with Crippen LogP contribution in [-0.2, 0) is 21.7 Å². The molecule has 0 atom stereocenters. The minimum absolute atomic E-state index is 0.0118. The molecule has 3 aromatic rings. The van der Waals surface area contributed by atoms with Gasteiger partial charge >= 0.3 is 6.18 Å². The molecule has 1 amide bonds. The van der Waals surface area contributed by atoms with Crippen molar-refractivity contribution in [2.45, 2.75) is 49.9 Å². The van der Waals surface area contributed by atoms with E-state index in [1.165, 1.54) is 31.2 Å². The summed E-state index contributed by atoms with van der Waals surface area (Å²) in [7, 11) is -3.61. The van der Waals surface area contributed by atoms with Crippen LogP contribution in [0, 0.1) is 13.8 Å². The lowest BCUT2D eigenvalue weighted by Crippen LogP contribution is -2.30. The Kier molecular flexibility index (Phi) is 6.65. The smallest absolute Gasteiger partial charge is 0.416 e. The van der Waals surface area contributed by atoms with Gasteiger partial charge in [0, 0.05) is 17.5 Å². The fourth-order valence-corrected chi connectivity index (χ4v) is 4.40. The first-order chi connectivity index (χ1) is 17.2. The predicted molar refractivity (Wildman–Crippen MR) is 123 cm³/mol. The summed E-state index contributed by atoms with van der Waals surface area (Å²) in [5, 5.41) is 16.7. The van der Waals surface area contributed by atoms with Crippen molar-refractivity contribution in [1.82, 2.24) is 20.4 Å². The summed E-state index contributed by atoms with van der Waals surface area (Å²) < 4.78 is 84.5. The zero-order valence-corrected chi connectivity index (χ0v) is 20.7. The lowest BCUT2D eigenvalue weighted by atomic mass is 9.79. The number of nitrogens with one attached hydrogen (secondary N) is 1. The fourth-order valence-electron chi connectivity index (χ4n) is 3.73. The molecule has 37 heavy (non-hydrogen) atoms. The van der Waals surface area contributed by atoms with E-state index in [1.54, 1.807) is 0 Å². The molecule has 1 N–H and O–H groups in total. The Balaban J connectivity index is 1.73. The van der Waals surface area contributed by atoms with Gasteiger partial charge in [0.25, 0.3) is 11.8 Å². The van der Waals surface area contributed by atoms with E-state index in [9.17, 15) is 30.8 Å². The number of rotatable bonds is 6. The van der Waals surface area contributed by atoms with Crippen LogP contribution in [0.25, 0.3) is 0 Å². The topological polar surface area (TPSA) is 124 Å². The number of hydrogen-bond acceptors (Lipinski definition) is 8. The van der Waals surface area contributed by atoms with Crippen molar-refractivity contribution in [3.05, 3.63) is 58.4 Å². The van der Waals surface area contributed by atoms with Crippen LogP contribution in [0.15, 0.2) is 35.2 Å². The minimum Gasteiger partial charge on any atom is -0.416 e. The molecule has 4 rings (SSSR count). The van der Waals surface area contributed by atoms with E-state index in [4.69, 9.17) is 4.74 Å². The van der Waals surface area contributed by atoms with Gasteiger partial charge in [-0.1, -0.05) is 6.07 Å². The molecule has 2 aromatic heterocycles. The highest BCUT2D eigenvalue weighted by Gasteiger charge is 2.41. The SMILES string of the molecule is Cc1cc(C2(F)CCC2)nnc1Oc1nnc(C(F)(F)F)c(C)c1C(=O)Nc1cccc(S(C)(=O)=O)c1. The van der Waals surface area contributed by atoms with Gasteiger partial charge in [-0.2, -0.15) is 13.2 Å². The molecule has 0 bridgehead atoms. The van der Waals surface area contributed by atoms with E-state index in [0.717, 1.165) is 19.2 Å². The number of benzene rings is 1. The first kappa shape index (κ1) is 26.4. The molecular weight excluding hydrogens is 518 g/mol. The predicted octanol–water partition coefficient (Wildman–Crippen LogP) is 4.70. The molecule has 14 heteroatoms. The number of ether oxygens (including phenoxy) is 1. The number of carbonyl (C=O) groups excluding carboxylic acids is 1. The van der Waals surface area contributed by atoms with Crippen molar-refractivity contribution < 1.29 is 35.5 Å². The summed E-state index contributed by atoms with van der Waals surface area (Å²) >= 11 is 0. The van der Waals surface area contributed by atoms with E-state index in [2.05, 4.69) is 25.7 Å². The van der Waals surface area contributed by atoms with E-state index >= 15 is 0 Å². The monoisotopic (exact) mass is 539 g/mol. The Bertz CT molecular complexity index is 1490. The molecule has 0 radical (unpaired) electrons. The number of nitrogens with zero attached hydrogens (tertiary/aromatic N) is 4. The van der Waals surface area contributed by atoms with E-state index in [1.807, 2.05) is 0 Å². The van der Waals surface area contributed by atoms with Crippen molar-refractivity contribution >= 4 is 21.4 Å². The van der Waals surface area contributed by atoms with Gasteiger partial charge in [0.2, 0.25) is 5.88 Å². The Morgan fingerprint density at radius 2 is 1.73 bits per heavy atom. The average Bonchev–Trinajstić information content (AvgIpc) is 2.77. The largest absolute Gasteiger partial charge is 0.435 e. The van der Waals surface area contributed by atoms with Crippen molar-refractivity contribution in [3.8, 4) is 11.8 Å². The summed E-state index contributed by atoms with van der Waals surface area (Å²) in [5.74, 6) is -1.85. The van der Waals surface area contributed by atoms with Crippen molar-refractivity contribution in [3.63, 3.8) is 0 Å². The lowest BCUT2D eigenvalue weighted by Gasteiger charge is -2.32. The van der Waals surface area contributed by atoms with Crippen molar-refractivity contribution in [2.75, 3.05) is 11.6 Å². The van der Waals surface area contributed by atoms with Crippen LogP contribution in [-0.4, -0.2) is 41.0 Å². The van der Waals surface area contributed by atoms with Crippen LogP contribution in [0.5, 0.6) is 11.8 Å². The number of amides is 1. The molecule has 9 nitrogen and oxygen atoms in total. The zero-order valence-electron chi connectivity index (χ0n) is 19.9. The van der Waals surface area contributed by atoms with Gasteiger partial charge in [0.15, 0.2) is 21.2 Å². The number of aryl methyl sites for hydroxylation is 1. The molecule has 1 saturated carbocycles. The second-order valence-corrected chi connectivity index (χ2v) is 10.8. The van der Waals surface area contributed by atoms with E-state index in [-0.39, 0.29) is 22.2 Å². The second-order valence-electron chi connectivity index (χ2n) is 8.74. The molecule has 0 saturated heterocycles. The third-order valence-corrected chi connectivity index (χ3v) is 7.05. The molecule has 0 spiro atoms. The van der Waals surface area contributed by atoms with Gasteiger partial charge in [-0.05, 0) is 62.9 Å². The number of hydrogen-bond donors (Lipinski definition) is 1. The van der Waals surface area contributed by atoms with Gasteiger partial charge in [-0.15, -0.1) is 20.4 Å². The molecule has 0 aliphatic heterocycles. The van der Waals surface area contributed by atoms with E-state index in [0.29, 0.717) is 24.8 Å². The van der Waals surface area contributed by atoms with Gasteiger partial charge in [0.05, 0.1) is 4.90 Å². The highest BCUT2D eigenvalue weighted by Crippen LogP contribution is 2.44. The van der Waals surface area contributed by atoms with Crippen LogP contribution >= 0.6 is 0 Å². The number of aromatic nitrogens is 4. The first-order valence-corrected chi connectivity index (χ1v) is 12.9. The Labute approximate surface area is 209 Å². The van der Waals surface area contributed by atoms with Gasteiger partial charge in [0.1, 0.15) is 11.3 Å². The summed E-state index contributed by atoms with van der Waals surface area (Å²) in [6.45, 7) is 2.56. The van der Waals surface area contributed by atoms with Gasteiger partial charge in [-0.3, -0.25) is 4.79 Å². The summed E-state index contributed by atoms with van der Waals surface area (Å²) in [6.07, 6.45) is -2.64. The second kappa shape index (κ2) is 9.32. The van der Waals surface area contributed by atoms with E-state index < -0.39 is 50.3 Å². The Hall–Kier alpha value is -3.68. The number of carbonyl (C=O) groups is 1. The first-order valence-electron chi connectivity index (χ1n) is 11.0. The molecule has 1 fully saturated rings. The van der Waals surface area contributed by atoms with Gasteiger partial charge < -0.3 is 10.1 Å². The molecule has 0 unspecified atom stereocenters. The van der Waals surface area contributed by atoms with Crippen LogP contribution in [0.4, 0.5) is 23.2 Å². The highest BCUT2D eigenvalue weighted by atomic mass is 32.2. The third-order valence-electron chi connectivity index (χ3n) is 5.94. The zero-order chi connectivity index (χ0) is 27.2. The Morgan fingerprint density at radius 3 is 2.30 bits per heavy atom. The molecule has 2 heterocycles. The molecular formula is C23H21F4N5O4S. The van der Waals surface area contributed by atoms with Gasteiger partial charge in [-0.25, -0.2) is 12.8 Å². The van der Waals surface area contributed by atoms with Crippen molar-refractivity contribution in [1.29, 1.82) is 0 Å². The summed E-state index contributed by atoms with van der Waals surface area (Å²) in [6, 6.07) is 6.61. The van der Waals surface area contributed by atoms with Crippen LogP contribution in [0.1, 0.15) is 52.1 Å². The highest BCUT2D eigenvalue weighted by molar-refractivity contribution is 7.90. The normalized spacial score (nSPS) is 15.1. The summed E-state index contributed by atoms with van der Waals surface area (Å²) in [4.78, 5) is 13.0. The molecule has 1 aliphatic carbocycles. The maximum absolute atomic E-state index is 14.7. The third kappa shape index (κ3) is 5.38. The Morgan fingerprint density at radius 1 is 1.05 bits per heavy atom. The molecule has 1 aliphatic rings. The van der Waals surface area contributed by atoms with Crippen LogP contribution in [0.3, 0.4) is 0 Å². The van der Waals surface area contributed by atoms with Crippen LogP contribution < -0.4 is 10.1 Å². The molecule has 1 aromatic carbocycles.